The van der Waals surface area contributed by atoms with E-state index in [1.807, 2.05) is 54.9 Å². The highest BCUT2D eigenvalue weighted by molar-refractivity contribution is 5.92. The number of hydrogen-bond donors (Lipinski definition) is 1. The van der Waals surface area contributed by atoms with Gasteiger partial charge in [-0.2, -0.15) is 5.10 Å². The molecule has 0 spiro atoms. The molecule has 138 valence electrons. The van der Waals surface area contributed by atoms with Crippen LogP contribution in [0.5, 0.6) is 0 Å². The molecule has 0 atom stereocenters. The molecule has 6 heteroatoms. The number of morpholine rings is 1. The van der Waals surface area contributed by atoms with Gasteiger partial charge in [0.05, 0.1) is 24.6 Å². The van der Waals surface area contributed by atoms with E-state index < -0.39 is 0 Å². The molecule has 0 aliphatic carbocycles. The highest BCUT2D eigenvalue weighted by Gasteiger charge is 2.11. The first-order chi connectivity index (χ1) is 12.6. The summed E-state index contributed by atoms with van der Waals surface area (Å²) in [6.07, 6.45) is 3.44. The van der Waals surface area contributed by atoms with Crippen LogP contribution in [0.2, 0.25) is 0 Å². The van der Waals surface area contributed by atoms with Gasteiger partial charge in [-0.25, -0.2) is 4.68 Å². The minimum absolute atomic E-state index is 0.0791. The van der Waals surface area contributed by atoms with Crippen molar-refractivity contribution in [2.24, 2.45) is 0 Å². The number of carbonyl (C=O) groups is 1. The van der Waals surface area contributed by atoms with Crippen molar-refractivity contribution in [2.45, 2.75) is 13.8 Å². The van der Waals surface area contributed by atoms with Crippen LogP contribution in [0.4, 0.5) is 0 Å². The van der Waals surface area contributed by atoms with Gasteiger partial charge in [-0.05, 0) is 32.1 Å². The smallest absolute Gasteiger partial charge is 0.244 e. The first kappa shape index (κ1) is 18.4. The van der Waals surface area contributed by atoms with Crippen LogP contribution in [0.15, 0.2) is 36.4 Å². The number of nitrogens with one attached hydrogen (secondary N) is 1. The summed E-state index contributed by atoms with van der Waals surface area (Å²) in [5.74, 6) is -0.0791. The van der Waals surface area contributed by atoms with Crippen molar-refractivity contribution in [3.8, 4) is 5.69 Å². The molecular weight excluding hydrogens is 328 g/mol. The van der Waals surface area contributed by atoms with Crippen molar-refractivity contribution < 1.29 is 9.53 Å². The Balaban J connectivity index is 1.57. The highest BCUT2D eigenvalue weighted by Crippen LogP contribution is 2.18. The van der Waals surface area contributed by atoms with Crippen LogP contribution in [0, 0.1) is 13.8 Å². The number of para-hydroxylation sites is 1. The zero-order valence-electron chi connectivity index (χ0n) is 15.4. The number of aromatic nitrogens is 2. The van der Waals surface area contributed by atoms with Crippen molar-refractivity contribution in [3.63, 3.8) is 0 Å². The predicted octanol–water partition coefficient (Wildman–Crippen LogP) is 1.95. The second-order valence-corrected chi connectivity index (χ2v) is 6.41. The van der Waals surface area contributed by atoms with E-state index in [4.69, 9.17) is 4.74 Å². The Hall–Kier alpha value is -2.44. The van der Waals surface area contributed by atoms with E-state index in [0.717, 1.165) is 55.5 Å². The molecule has 1 amide bonds. The average Bonchev–Trinajstić information content (AvgIpc) is 2.95. The molecule has 1 aliphatic heterocycles. The fraction of sp³-hybridized carbons (Fsp3) is 0.400. The first-order valence-electron chi connectivity index (χ1n) is 9.03. The Labute approximate surface area is 154 Å². The number of rotatable bonds is 6. The number of nitrogens with zero attached hydrogens (tertiary/aromatic N) is 3. The summed E-state index contributed by atoms with van der Waals surface area (Å²) in [5, 5.41) is 7.54. The van der Waals surface area contributed by atoms with Crippen LogP contribution < -0.4 is 5.32 Å². The van der Waals surface area contributed by atoms with E-state index in [1.165, 1.54) is 0 Å². The molecular formula is C20H26N4O2. The van der Waals surface area contributed by atoms with Gasteiger partial charge in [0.15, 0.2) is 0 Å². The van der Waals surface area contributed by atoms with Crippen molar-refractivity contribution in [2.75, 3.05) is 39.4 Å². The SMILES string of the molecule is Cc1nn(-c2ccccc2)c(C)c1C=CC(=O)NCCN1CCOCC1. The maximum Gasteiger partial charge on any atom is 0.244 e. The van der Waals surface area contributed by atoms with Crippen LogP contribution in [-0.2, 0) is 9.53 Å². The summed E-state index contributed by atoms with van der Waals surface area (Å²) in [6, 6.07) is 10.0. The van der Waals surface area contributed by atoms with Crippen LogP contribution in [0.25, 0.3) is 11.8 Å². The molecule has 26 heavy (non-hydrogen) atoms. The molecule has 1 aromatic heterocycles. The number of benzene rings is 1. The molecule has 1 saturated heterocycles. The number of hydrogen-bond acceptors (Lipinski definition) is 4. The van der Waals surface area contributed by atoms with Crippen LogP contribution >= 0.6 is 0 Å². The summed E-state index contributed by atoms with van der Waals surface area (Å²) in [4.78, 5) is 14.4. The minimum atomic E-state index is -0.0791. The highest BCUT2D eigenvalue weighted by atomic mass is 16.5. The molecule has 2 heterocycles. The Bertz CT molecular complexity index is 762. The summed E-state index contributed by atoms with van der Waals surface area (Å²) >= 11 is 0. The van der Waals surface area contributed by atoms with Crippen molar-refractivity contribution in [3.05, 3.63) is 53.4 Å². The minimum Gasteiger partial charge on any atom is -0.379 e. The predicted molar refractivity (Wildman–Crippen MR) is 102 cm³/mol. The lowest BCUT2D eigenvalue weighted by atomic mass is 10.2. The first-order valence-corrected chi connectivity index (χ1v) is 9.03. The molecule has 6 nitrogen and oxygen atoms in total. The maximum atomic E-state index is 12.1. The van der Waals surface area contributed by atoms with E-state index in [-0.39, 0.29) is 5.91 Å². The molecule has 1 aliphatic rings. The van der Waals surface area contributed by atoms with Gasteiger partial charge >= 0.3 is 0 Å². The summed E-state index contributed by atoms with van der Waals surface area (Å²) in [5.41, 5.74) is 3.93. The Morgan fingerprint density at radius 1 is 1.23 bits per heavy atom. The van der Waals surface area contributed by atoms with E-state index in [0.29, 0.717) is 6.54 Å². The van der Waals surface area contributed by atoms with Gasteiger partial charge in [0, 0.05) is 43.5 Å². The number of ether oxygens (including phenoxy) is 1. The van der Waals surface area contributed by atoms with Gasteiger partial charge in [0.1, 0.15) is 0 Å². The second kappa shape index (κ2) is 8.78. The van der Waals surface area contributed by atoms with Gasteiger partial charge in [-0.1, -0.05) is 18.2 Å². The fourth-order valence-electron chi connectivity index (χ4n) is 3.10. The number of amides is 1. The van der Waals surface area contributed by atoms with Gasteiger partial charge in [0.25, 0.3) is 0 Å². The lowest BCUT2D eigenvalue weighted by molar-refractivity contribution is -0.116. The molecule has 0 bridgehead atoms. The topological polar surface area (TPSA) is 59.4 Å². The molecule has 3 rings (SSSR count). The van der Waals surface area contributed by atoms with E-state index in [9.17, 15) is 4.79 Å². The van der Waals surface area contributed by atoms with Gasteiger partial charge < -0.3 is 10.1 Å². The number of aryl methyl sites for hydroxylation is 1. The average molecular weight is 354 g/mol. The third kappa shape index (κ3) is 4.59. The maximum absolute atomic E-state index is 12.1. The van der Waals surface area contributed by atoms with Crippen LogP contribution in [0.1, 0.15) is 17.0 Å². The standard InChI is InChI=1S/C20H26N4O2/c1-16-19(17(2)24(22-16)18-6-4-3-5-7-18)8-9-20(25)21-10-11-23-12-14-26-15-13-23/h3-9H,10-15H2,1-2H3,(H,21,25). The van der Waals surface area contributed by atoms with Crippen molar-refractivity contribution >= 4 is 12.0 Å². The molecule has 0 saturated carbocycles. The van der Waals surface area contributed by atoms with E-state index >= 15 is 0 Å². The zero-order valence-corrected chi connectivity index (χ0v) is 15.4. The quantitative estimate of drug-likeness (QED) is 0.806. The molecule has 1 aromatic carbocycles. The lowest BCUT2D eigenvalue weighted by Crippen LogP contribution is -2.41. The van der Waals surface area contributed by atoms with Crippen molar-refractivity contribution in [1.29, 1.82) is 0 Å². The third-order valence-electron chi connectivity index (χ3n) is 4.58. The molecule has 1 N–H and O–H groups in total. The largest absolute Gasteiger partial charge is 0.379 e. The van der Waals surface area contributed by atoms with E-state index in [2.05, 4.69) is 15.3 Å². The Morgan fingerprint density at radius 2 is 1.96 bits per heavy atom. The summed E-state index contributed by atoms with van der Waals surface area (Å²) in [7, 11) is 0. The zero-order chi connectivity index (χ0) is 18.4. The summed E-state index contributed by atoms with van der Waals surface area (Å²) < 4.78 is 7.23. The van der Waals surface area contributed by atoms with Crippen LogP contribution in [0.3, 0.4) is 0 Å². The monoisotopic (exact) mass is 354 g/mol. The Morgan fingerprint density at radius 3 is 2.69 bits per heavy atom. The fourth-order valence-corrected chi connectivity index (χ4v) is 3.10. The third-order valence-corrected chi connectivity index (χ3v) is 4.58. The second-order valence-electron chi connectivity index (χ2n) is 6.41. The van der Waals surface area contributed by atoms with Crippen molar-refractivity contribution in [1.82, 2.24) is 20.0 Å². The normalized spacial score (nSPS) is 15.5. The molecule has 2 aromatic rings. The van der Waals surface area contributed by atoms with Crippen LogP contribution in [-0.4, -0.2) is 60.0 Å². The van der Waals surface area contributed by atoms with Gasteiger partial charge in [-0.15, -0.1) is 0 Å². The lowest BCUT2D eigenvalue weighted by Gasteiger charge is -2.26. The summed E-state index contributed by atoms with van der Waals surface area (Å²) in [6.45, 7) is 8.89. The molecule has 0 unspecified atom stereocenters. The van der Waals surface area contributed by atoms with Gasteiger partial charge in [-0.3, -0.25) is 9.69 Å². The Kier molecular flexibility index (Phi) is 6.20. The molecule has 1 fully saturated rings. The van der Waals surface area contributed by atoms with E-state index in [1.54, 1.807) is 6.08 Å². The number of carbonyl (C=O) groups excluding carboxylic acids is 1. The molecule has 0 radical (unpaired) electrons. The van der Waals surface area contributed by atoms with Gasteiger partial charge in [0.2, 0.25) is 5.91 Å².